The van der Waals surface area contributed by atoms with Crippen LogP contribution in [-0.4, -0.2) is 33.9 Å². The van der Waals surface area contributed by atoms with Gasteiger partial charge in [-0.2, -0.15) is 0 Å². The summed E-state index contributed by atoms with van der Waals surface area (Å²) in [5.74, 6) is -1.29. The van der Waals surface area contributed by atoms with Crippen LogP contribution < -0.4 is 10.0 Å². The summed E-state index contributed by atoms with van der Waals surface area (Å²) in [6.07, 6.45) is 0. The van der Waals surface area contributed by atoms with Gasteiger partial charge in [0.1, 0.15) is 0 Å². The highest BCUT2D eigenvalue weighted by Crippen LogP contribution is 2.20. The van der Waals surface area contributed by atoms with Crippen molar-refractivity contribution < 1.29 is 22.7 Å². The van der Waals surface area contributed by atoms with Crippen LogP contribution in [0.15, 0.2) is 51.8 Å². The monoisotopic (exact) mass is 440 g/mol. The van der Waals surface area contributed by atoms with E-state index in [1.165, 1.54) is 31.3 Å². The van der Waals surface area contributed by atoms with Gasteiger partial charge < -0.3 is 10.1 Å². The molecule has 1 amide bonds. The van der Waals surface area contributed by atoms with Gasteiger partial charge in [0, 0.05) is 10.2 Å². The van der Waals surface area contributed by atoms with E-state index in [4.69, 9.17) is 4.74 Å². The van der Waals surface area contributed by atoms with E-state index >= 15 is 0 Å². The number of sulfonamides is 1. The fraction of sp³-hybridized carbons (Fsp3) is 0.176. The lowest BCUT2D eigenvalue weighted by molar-refractivity contribution is -0.119. The van der Waals surface area contributed by atoms with Gasteiger partial charge in [-0.25, -0.2) is 17.9 Å². The molecule has 0 aliphatic carbocycles. The molecule has 0 fully saturated rings. The summed E-state index contributed by atoms with van der Waals surface area (Å²) in [5, 5.41) is 2.62. The number of benzene rings is 2. The largest absolute Gasteiger partial charge is 0.452 e. The summed E-state index contributed by atoms with van der Waals surface area (Å²) in [5.41, 5.74) is 1.56. The molecule has 0 spiro atoms. The Morgan fingerprint density at radius 1 is 1.15 bits per heavy atom. The smallest absolute Gasteiger partial charge is 0.338 e. The van der Waals surface area contributed by atoms with Gasteiger partial charge in [0.2, 0.25) is 10.0 Å². The van der Waals surface area contributed by atoms with Gasteiger partial charge in [0.15, 0.2) is 6.61 Å². The maximum atomic E-state index is 12.0. The Bertz CT molecular complexity index is 944. The third-order valence-electron chi connectivity index (χ3n) is 3.42. The van der Waals surface area contributed by atoms with E-state index in [1.807, 2.05) is 6.92 Å². The Morgan fingerprint density at radius 2 is 1.88 bits per heavy atom. The second-order valence-electron chi connectivity index (χ2n) is 5.32. The average Bonchev–Trinajstić information content (AvgIpc) is 2.63. The van der Waals surface area contributed by atoms with Crippen LogP contribution in [0, 0.1) is 6.92 Å². The Kier molecular flexibility index (Phi) is 6.52. The summed E-state index contributed by atoms with van der Waals surface area (Å²) in [7, 11) is -2.40. The topological polar surface area (TPSA) is 102 Å². The highest BCUT2D eigenvalue weighted by Gasteiger charge is 2.16. The molecule has 138 valence electrons. The minimum atomic E-state index is -3.67. The number of ether oxygens (including phenoxy) is 1. The third-order valence-corrected chi connectivity index (χ3v) is 5.73. The molecule has 26 heavy (non-hydrogen) atoms. The molecular weight excluding hydrogens is 424 g/mol. The van der Waals surface area contributed by atoms with E-state index in [0.717, 1.165) is 10.0 Å². The van der Waals surface area contributed by atoms with Crippen molar-refractivity contribution in [2.24, 2.45) is 0 Å². The number of halogens is 1. The molecule has 0 aliphatic rings. The van der Waals surface area contributed by atoms with Gasteiger partial charge in [0.25, 0.3) is 5.91 Å². The number of carbonyl (C=O) groups excluding carboxylic acids is 2. The fourth-order valence-electron chi connectivity index (χ4n) is 2.04. The second-order valence-corrected chi connectivity index (χ2v) is 8.06. The van der Waals surface area contributed by atoms with Crippen LogP contribution in [0.5, 0.6) is 0 Å². The molecule has 2 N–H and O–H groups in total. The first-order valence-electron chi connectivity index (χ1n) is 7.49. The molecule has 0 unspecified atom stereocenters. The number of rotatable bonds is 6. The van der Waals surface area contributed by atoms with Gasteiger partial charge in [0.05, 0.1) is 10.5 Å². The summed E-state index contributed by atoms with van der Waals surface area (Å²) in [4.78, 5) is 23.9. The van der Waals surface area contributed by atoms with E-state index in [1.54, 1.807) is 18.2 Å². The number of nitrogens with one attached hydrogen (secondary N) is 2. The fourth-order valence-corrected chi connectivity index (χ4v) is 3.06. The summed E-state index contributed by atoms with van der Waals surface area (Å²) in [6.45, 7) is 1.39. The van der Waals surface area contributed by atoms with E-state index in [-0.39, 0.29) is 10.5 Å². The van der Waals surface area contributed by atoms with Gasteiger partial charge in [-0.15, -0.1) is 0 Å². The molecule has 0 radical (unpaired) electrons. The van der Waals surface area contributed by atoms with E-state index in [9.17, 15) is 18.0 Å². The zero-order valence-corrected chi connectivity index (χ0v) is 16.5. The summed E-state index contributed by atoms with van der Waals surface area (Å²) >= 11 is 3.37. The van der Waals surface area contributed by atoms with Gasteiger partial charge in [-0.05, 0) is 55.9 Å². The Balaban J connectivity index is 1.99. The zero-order valence-electron chi connectivity index (χ0n) is 14.1. The Morgan fingerprint density at radius 3 is 2.54 bits per heavy atom. The number of hydrogen-bond donors (Lipinski definition) is 2. The van der Waals surface area contributed by atoms with Crippen molar-refractivity contribution in [3.63, 3.8) is 0 Å². The SMILES string of the molecule is CNS(=O)(=O)c1cccc(C(=O)OCC(=O)Nc2ccc(Br)c(C)c2)c1. The molecule has 9 heteroatoms. The van der Waals surface area contributed by atoms with Crippen LogP contribution in [-0.2, 0) is 19.6 Å². The molecule has 0 saturated heterocycles. The lowest BCUT2D eigenvalue weighted by atomic mass is 10.2. The molecule has 2 aromatic carbocycles. The van der Waals surface area contributed by atoms with Crippen LogP contribution in [0.1, 0.15) is 15.9 Å². The molecule has 2 aromatic rings. The minimum Gasteiger partial charge on any atom is -0.452 e. The van der Waals surface area contributed by atoms with Crippen LogP contribution in [0.2, 0.25) is 0 Å². The van der Waals surface area contributed by atoms with E-state index in [2.05, 4.69) is 26.0 Å². The van der Waals surface area contributed by atoms with Crippen molar-refractivity contribution in [2.45, 2.75) is 11.8 Å². The lowest BCUT2D eigenvalue weighted by Crippen LogP contribution is -2.22. The highest BCUT2D eigenvalue weighted by molar-refractivity contribution is 9.10. The molecule has 0 aliphatic heterocycles. The second kappa shape index (κ2) is 8.43. The maximum Gasteiger partial charge on any atom is 0.338 e. The maximum absolute atomic E-state index is 12.0. The quantitative estimate of drug-likeness (QED) is 0.671. The van der Waals surface area contributed by atoms with Crippen molar-refractivity contribution in [3.05, 3.63) is 58.1 Å². The molecule has 7 nitrogen and oxygen atoms in total. The van der Waals surface area contributed by atoms with Crippen molar-refractivity contribution in [2.75, 3.05) is 19.0 Å². The highest BCUT2D eigenvalue weighted by atomic mass is 79.9. The van der Waals surface area contributed by atoms with E-state index < -0.39 is 28.5 Å². The molecular formula is C17H17BrN2O5S. The number of carbonyl (C=O) groups is 2. The van der Waals surface area contributed by atoms with Crippen LogP contribution in [0.4, 0.5) is 5.69 Å². The molecule has 0 saturated carbocycles. The molecule has 0 atom stereocenters. The lowest BCUT2D eigenvalue weighted by Gasteiger charge is -2.09. The first kappa shape index (κ1) is 20.1. The standard InChI is InChI=1S/C17H17BrN2O5S/c1-11-8-13(6-7-15(11)18)20-16(21)10-25-17(22)12-4-3-5-14(9-12)26(23,24)19-2/h3-9,19H,10H2,1-2H3,(H,20,21). The minimum absolute atomic E-state index is 0.0358. The van der Waals surface area contributed by atoms with Gasteiger partial charge in [-0.1, -0.05) is 22.0 Å². The molecule has 0 bridgehead atoms. The van der Waals surface area contributed by atoms with Crippen LogP contribution >= 0.6 is 15.9 Å². The first-order valence-corrected chi connectivity index (χ1v) is 9.77. The molecule has 0 aromatic heterocycles. The third kappa shape index (κ3) is 5.13. The molecule has 0 heterocycles. The van der Waals surface area contributed by atoms with Crippen molar-refractivity contribution in [1.82, 2.24) is 4.72 Å². The number of amides is 1. The predicted octanol–water partition coefficient (Wildman–Crippen LogP) is 2.46. The number of anilines is 1. The first-order chi connectivity index (χ1) is 12.2. The number of aryl methyl sites for hydroxylation is 1. The van der Waals surface area contributed by atoms with Crippen molar-refractivity contribution in [1.29, 1.82) is 0 Å². The normalized spacial score (nSPS) is 11.0. The van der Waals surface area contributed by atoms with Crippen molar-refractivity contribution in [3.8, 4) is 0 Å². The summed E-state index contributed by atoms with van der Waals surface area (Å²) < 4.78 is 31.6. The molecule has 2 rings (SSSR count). The zero-order chi connectivity index (χ0) is 19.3. The Hall–Kier alpha value is -2.23. The number of esters is 1. The summed E-state index contributed by atoms with van der Waals surface area (Å²) in [6, 6.07) is 10.7. The average molecular weight is 441 g/mol. The van der Waals surface area contributed by atoms with Crippen LogP contribution in [0.25, 0.3) is 0 Å². The van der Waals surface area contributed by atoms with Crippen molar-refractivity contribution >= 4 is 43.5 Å². The van der Waals surface area contributed by atoms with Gasteiger partial charge >= 0.3 is 5.97 Å². The van der Waals surface area contributed by atoms with E-state index in [0.29, 0.717) is 5.69 Å². The van der Waals surface area contributed by atoms with Gasteiger partial charge in [-0.3, -0.25) is 4.79 Å². The Labute approximate surface area is 159 Å². The number of hydrogen-bond acceptors (Lipinski definition) is 5. The predicted molar refractivity (Wildman–Crippen MR) is 100 cm³/mol. The van der Waals surface area contributed by atoms with Crippen LogP contribution in [0.3, 0.4) is 0 Å².